The van der Waals surface area contributed by atoms with Crippen LogP contribution in [0.15, 0.2) is 40.9 Å². The quantitative estimate of drug-likeness (QED) is 0.849. The van der Waals surface area contributed by atoms with Crippen LogP contribution in [0, 0.1) is 5.82 Å². The highest BCUT2D eigenvalue weighted by Gasteiger charge is 2.04. The molecule has 0 aliphatic carbocycles. The maximum Gasteiger partial charge on any atom is 0.222 e. The van der Waals surface area contributed by atoms with Crippen LogP contribution in [0.25, 0.3) is 0 Å². The molecule has 2 aromatic rings. The molecular formula is C13H11BrFNO2. The Morgan fingerprint density at radius 2 is 2.00 bits per heavy atom. The summed E-state index contributed by atoms with van der Waals surface area (Å²) in [6.45, 7) is 2.42. The number of halogens is 2. The average Bonchev–Trinajstić information content (AvgIpc) is 2.35. The number of pyridine rings is 1. The van der Waals surface area contributed by atoms with Gasteiger partial charge >= 0.3 is 0 Å². The van der Waals surface area contributed by atoms with Crippen molar-refractivity contribution in [2.24, 2.45) is 0 Å². The van der Waals surface area contributed by atoms with Crippen LogP contribution in [0.1, 0.15) is 6.92 Å². The van der Waals surface area contributed by atoms with E-state index in [1.165, 1.54) is 12.1 Å². The number of aromatic nitrogens is 1. The van der Waals surface area contributed by atoms with Gasteiger partial charge in [-0.15, -0.1) is 0 Å². The lowest BCUT2D eigenvalue weighted by Gasteiger charge is -2.07. The highest BCUT2D eigenvalue weighted by Crippen LogP contribution is 2.26. The van der Waals surface area contributed by atoms with E-state index in [-0.39, 0.29) is 5.82 Å². The number of ether oxygens (including phenoxy) is 2. The second-order valence-electron chi connectivity index (χ2n) is 3.43. The van der Waals surface area contributed by atoms with Gasteiger partial charge in [-0.2, -0.15) is 4.98 Å². The minimum absolute atomic E-state index is 0.335. The largest absolute Gasteiger partial charge is 0.478 e. The summed E-state index contributed by atoms with van der Waals surface area (Å²) in [5.74, 6) is 1.07. The zero-order valence-electron chi connectivity index (χ0n) is 9.69. The Labute approximate surface area is 113 Å². The van der Waals surface area contributed by atoms with Crippen LogP contribution in [0.3, 0.4) is 0 Å². The standard InChI is InChI=1S/C13H11BrFNO2/c1-2-17-12-4-3-5-13(16-12)18-9-6-7-11(15)10(14)8-9/h3-8H,2H2,1H3. The molecule has 0 radical (unpaired) electrons. The van der Waals surface area contributed by atoms with E-state index >= 15 is 0 Å². The number of benzene rings is 1. The first kappa shape index (κ1) is 12.8. The molecule has 1 aromatic carbocycles. The smallest absolute Gasteiger partial charge is 0.222 e. The molecule has 2 rings (SSSR count). The van der Waals surface area contributed by atoms with E-state index in [2.05, 4.69) is 20.9 Å². The average molecular weight is 312 g/mol. The van der Waals surface area contributed by atoms with Gasteiger partial charge < -0.3 is 9.47 Å². The third-order valence-electron chi connectivity index (χ3n) is 2.10. The third kappa shape index (κ3) is 3.20. The van der Waals surface area contributed by atoms with Gasteiger partial charge in [0.2, 0.25) is 11.8 Å². The molecule has 0 N–H and O–H groups in total. The highest BCUT2D eigenvalue weighted by atomic mass is 79.9. The molecule has 0 saturated carbocycles. The predicted molar refractivity (Wildman–Crippen MR) is 69.6 cm³/mol. The predicted octanol–water partition coefficient (Wildman–Crippen LogP) is 4.17. The molecule has 3 nitrogen and oxygen atoms in total. The summed E-state index contributed by atoms with van der Waals surface area (Å²) in [4.78, 5) is 4.16. The molecule has 0 amide bonds. The fourth-order valence-electron chi connectivity index (χ4n) is 1.34. The summed E-state index contributed by atoms with van der Waals surface area (Å²) in [7, 11) is 0. The molecule has 0 aliphatic heterocycles. The Morgan fingerprint density at radius 1 is 1.22 bits per heavy atom. The maximum absolute atomic E-state index is 13.1. The van der Waals surface area contributed by atoms with E-state index in [9.17, 15) is 4.39 Å². The Balaban J connectivity index is 2.17. The Hall–Kier alpha value is -1.62. The van der Waals surface area contributed by atoms with Crippen molar-refractivity contribution < 1.29 is 13.9 Å². The van der Waals surface area contributed by atoms with E-state index < -0.39 is 0 Å². The van der Waals surface area contributed by atoms with E-state index in [1.54, 1.807) is 24.3 Å². The van der Waals surface area contributed by atoms with Crippen molar-refractivity contribution in [2.45, 2.75) is 6.92 Å². The number of rotatable bonds is 4. The summed E-state index contributed by atoms with van der Waals surface area (Å²) >= 11 is 3.10. The molecule has 0 unspecified atom stereocenters. The normalized spacial score (nSPS) is 10.2. The number of hydrogen-bond donors (Lipinski definition) is 0. The number of nitrogens with zero attached hydrogens (tertiary/aromatic N) is 1. The van der Waals surface area contributed by atoms with Crippen molar-refractivity contribution in [2.75, 3.05) is 6.61 Å². The van der Waals surface area contributed by atoms with E-state index in [0.29, 0.717) is 28.6 Å². The molecule has 0 atom stereocenters. The lowest BCUT2D eigenvalue weighted by molar-refractivity contribution is 0.321. The zero-order chi connectivity index (χ0) is 13.0. The molecule has 0 saturated heterocycles. The van der Waals surface area contributed by atoms with Crippen LogP contribution >= 0.6 is 15.9 Å². The van der Waals surface area contributed by atoms with Crippen molar-refractivity contribution in [1.29, 1.82) is 0 Å². The third-order valence-corrected chi connectivity index (χ3v) is 2.71. The summed E-state index contributed by atoms with van der Waals surface area (Å²) in [5, 5.41) is 0. The van der Waals surface area contributed by atoms with Crippen molar-refractivity contribution in [3.8, 4) is 17.5 Å². The van der Waals surface area contributed by atoms with Gasteiger partial charge in [0.15, 0.2) is 0 Å². The minimum Gasteiger partial charge on any atom is -0.478 e. The lowest BCUT2D eigenvalue weighted by atomic mass is 10.3. The molecule has 0 aliphatic rings. The summed E-state index contributed by atoms with van der Waals surface area (Å²) in [6.07, 6.45) is 0. The van der Waals surface area contributed by atoms with Crippen LogP contribution < -0.4 is 9.47 Å². The van der Waals surface area contributed by atoms with Gasteiger partial charge in [0.25, 0.3) is 0 Å². The van der Waals surface area contributed by atoms with Crippen molar-refractivity contribution in [3.63, 3.8) is 0 Å². The summed E-state index contributed by atoms with van der Waals surface area (Å²) in [6, 6.07) is 9.65. The Bertz CT molecular complexity index is 548. The van der Waals surface area contributed by atoms with Gasteiger partial charge in [0.05, 0.1) is 11.1 Å². The van der Waals surface area contributed by atoms with Crippen LogP contribution in [0.4, 0.5) is 4.39 Å². The van der Waals surface area contributed by atoms with Crippen LogP contribution in [0.5, 0.6) is 17.5 Å². The molecule has 5 heteroatoms. The maximum atomic E-state index is 13.1. The van der Waals surface area contributed by atoms with Gasteiger partial charge in [0, 0.05) is 12.1 Å². The van der Waals surface area contributed by atoms with E-state index in [4.69, 9.17) is 9.47 Å². The first-order valence-corrected chi connectivity index (χ1v) is 6.21. The molecule has 0 bridgehead atoms. The molecule has 18 heavy (non-hydrogen) atoms. The first-order chi connectivity index (χ1) is 8.69. The highest BCUT2D eigenvalue weighted by molar-refractivity contribution is 9.10. The Morgan fingerprint density at radius 3 is 2.72 bits per heavy atom. The fraction of sp³-hybridized carbons (Fsp3) is 0.154. The Kier molecular flexibility index (Phi) is 4.15. The van der Waals surface area contributed by atoms with Crippen LogP contribution in [-0.2, 0) is 0 Å². The van der Waals surface area contributed by atoms with Gasteiger partial charge in [0.1, 0.15) is 11.6 Å². The molecule has 1 heterocycles. The van der Waals surface area contributed by atoms with Crippen molar-refractivity contribution in [3.05, 3.63) is 46.7 Å². The van der Waals surface area contributed by atoms with E-state index in [1.807, 2.05) is 6.92 Å². The zero-order valence-corrected chi connectivity index (χ0v) is 11.3. The molecular weight excluding hydrogens is 301 g/mol. The molecule has 1 aromatic heterocycles. The van der Waals surface area contributed by atoms with Gasteiger partial charge in [-0.25, -0.2) is 4.39 Å². The molecule has 94 valence electrons. The fourth-order valence-corrected chi connectivity index (χ4v) is 1.70. The summed E-state index contributed by atoms with van der Waals surface area (Å²) < 4.78 is 24.2. The second-order valence-corrected chi connectivity index (χ2v) is 4.28. The molecule has 0 fully saturated rings. The van der Waals surface area contributed by atoms with Gasteiger partial charge in [-0.1, -0.05) is 6.07 Å². The lowest BCUT2D eigenvalue weighted by Crippen LogP contribution is -1.95. The minimum atomic E-state index is -0.335. The molecule has 0 spiro atoms. The first-order valence-electron chi connectivity index (χ1n) is 5.42. The van der Waals surface area contributed by atoms with Crippen molar-refractivity contribution in [1.82, 2.24) is 4.98 Å². The van der Waals surface area contributed by atoms with Gasteiger partial charge in [-0.3, -0.25) is 0 Å². The topological polar surface area (TPSA) is 31.4 Å². The van der Waals surface area contributed by atoms with Crippen LogP contribution in [-0.4, -0.2) is 11.6 Å². The van der Waals surface area contributed by atoms with Crippen molar-refractivity contribution >= 4 is 15.9 Å². The van der Waals surface area contributed by atoms with Gasteiger partial charge in [-0.05, 0) is 41.1 Å². The van der Waals surface area contributed by atoms with E-state index in [0.717, 1.165) is 0 Å². The second kappa shape index (κ2) is 5.82. The van der Waals surface area contributed by atoms with Crippen LogP contribution in [0.2, 0.25) is 0 Å². The monoisotopic (exact) mass is 311 g/mol. The number of hydrogen-bond acceptors (Lipinski definition) is 3. The summed E-state index contributed by atoms with van der Waals surface area (Å²) in [5.41, 5.74) is 0. The SMILES string of the molecule is CCOc1cccc(Oc2ccc(F)c(Br)c2)n1.